The molecule has 3 amide bonds. The summed E-state index contributed by atoms with van der Waals surface area (Å²) in [7, 11) is -3.29. The number of rotatable bonds is 12. The average Bonchev–Trinajstić information content (AvgIpc) is 3.48. The number of ether oxygens (including phenoxy) is 1. The number of unbranched alkanes of at least 4 members (excludes halogenated alkanes) is 2. The molecule has 0 spiro atoms. The van der Waals surface area contributed by atoms with E-state index in [1.165, 1.54) is 11.0 Å². The van der Waals surface area contributed by atoms with E-state index in [0.717, 1.165) is 37.7 Å². The Bertz CT molecular complexity index is 973. The van der Waals surface area contributed by atoms with Crippen LogP contribution < -0.4 is 10.1 Å². The van der Waals surface area contributed by atoms with E-state index in [1.54, 1.807) is 12.1 Å². The first-order chi connectivity index (χ1) is 15.3. The highest BCUT2D eigenvalue weighted by atomic mass is 32.2. The monoisotopic (exact) mass is 466 g/mol. The number of amides is 3. The van der Waals surface area contributed by atoms with E-state index < -0.39 is 21.1 Å². The van der Waals surface area contributed by atoms with E-state index in [2.05, 4.69) is 5.32 Å². The molecule has 1 N–H and O–H groups in total. The summed E-state index contributed by atoms with van der Waals surface area (Å²) < 4.78 is 45.6. The average molecular weight is 467 g/mol. The van der Waals surface area contributed by atoms with E-state index in [-0.39, 0.29) is 35.7 Å². The van der Waals surface area contributed by atoms with Crippen molar-refractivity contribution in [1.82, 2.24) is 10.2 Å². The van der Waals surface area contributed by atoms with Crippen LogP contribution in [0.3, 0.4) is 0 Å². The lowest BCUT2D eigenvalue weighted by Crippen LogP contribution is -2.41. The highest BCUT2D eigenvalue weighted by molar-refractivity contribution is 7.91. The highest BCUT2D eigenvalue weighted by Gasteiger charge is 2.42. The van der Waals surface area contributed by atoms with Crippen LogP contribution >= 0.6 is 0 Å². The number of nitrogens with one attached hydrogen (secondary N) is 1. The SMILES string of the molecule is O=C1CN(CCCCCS(=O)(=O)CC2(c3ccc(F)c(OCC4CC4)c3)CCC2)C(=O)N1. The maximum Gasteiger partial charge on any atom is 0.324 e. The van der Waals surface area contributed by atoms with Crippen molar-refractivity contribution in [3.63, 3.8) is 0 Å². The Morgan fingerprint density at radius 2 is 1.94 bits per heavy atom. The lowest BCUT2D eigenvalue weighted by Gasteiger charge is -2.42. The fourth-order valence-corrected chi connectivity index (χ4v) is 6.60. The minimum absolute atomic E-state index is 0.0662. The molecule has 176 valence electrons. The van der Waals surface area contributed by atoms with Gasteiger partial charge in [0, 0.05) is 12.0 Å². The Hall–Kier alpha value is -2.16. The molecule has 1 aliphatic heterocycles. The molecular weight excluding hydrogens is 435 g/mol. The second-order valence-electron chi connectivity index (χ2n) is 9.46. The summed E-state index contributed by atoms with van der Waals surface area (Å²) in [5, 5.41) is 2.23. The van der Waals surface area contributed by atoms with Crippen LogP contribution in [-0.2, 0) is 20.0 Å². The Morgan fingerprint density at radius 1 is 1.16 bits per heavy atom. The summed E-state index contributed by atoms with van der Waals surface area (Å²) in [6, 6.07) is 4.42. The van der Waals surface area contributed by atoms with E-state index >= 15 is 0 Å². The molecule has 2 saturated carbocycles. The van der Waals surface area contributed by atoms with Crippen LogP contribution in [0.15, 0.2) is 18.2 Å². The molecule has 4 rings (SSSR count). The molecule has 7 nitrogen and oxygen atoms in total. The van der Waals surface area contributed by atoms with Crippen molar-refractivity contribution in [1.29, 1.82) is 0 Å². The van der Waals surface area contributed by atoms with Crippen molar-refractivity contribution in [2.75, 3.05) is 31.2 Å². The zero-order valence-electron chi connectivity index (χ0n) is 18.3. The fourth-order valence-electron chi connectivity index (χ4n) is 4.51. The van der Waals surface area contributed by atoms with Gasteiger partial charge in [-0.05, 0) is 62.1 Å². The molecule has 0 bridgehead atoms. The van der Waals surface area contributed by atoms with Crippen LogP contribution in [0.1, 0.15) is 56.9 Å². The first-order valence-electron chi connectivity index (χ1n) is 11.5. The van der Waals surface area contributed by atoms with Crippen molar-refractivity contribution >= 4 is 21.8 Å². The van der Waals surface area contributed by atoms with Crippen molar-refractivity contribution in [3.05, 3.63) is 29.6 Å². The van der Waals surface area contributed by atoms with Crippen molar-refractivity contribution in [3.8, 4) is 5.75 Å². The molecule has 1 heterocycles. The number of nitrogens with zero attached hydrogens (tertiary/aromatic N) is 1. The van der Waals surface area contributed by atoms with Gasteiger partial charge in [0.05, 0.1) is 18.1 Å². The molecule has 2 aliphatic carbocycles. The van der Waals surface area contributed by atoms with Crippen molar-refractivity contribution in [2.45, 2.75) is 56.8 Å². The molecule has 1 saturated heterocycles. The van der Waals surface area contributed by atoms with Gasteiger partial charge >= 0.3 is 6.03 Å². The first kappa shape index (κ1) is 23.0. The third-order valence-electron chi connectivity index (χ3n) is 6.77. The Kier molecular flexibility index (Phi) is 6.74. The third kappa shape index (κ3) is 5.60. The molecule has 0 aromatic heterocycles. The second-order valence-corrected chi connectivity index (χ2v) is 11.6. The number of imide groups is 1. The molecule has 0 radical (unpaired) electrons. The van der Waals surface area contributed by atoms with Crippen LogP contribution in [0.25, 0.3) is 0 Å². The van der Waals surface area contributed by atoms with Gasteiger partial charge in [-0.1, -0.05) is 18.9 Å². The molecular formula is C23H31FN2O5S. The topological polar surface area (TPSA) is 92.8 Å². The van der Waals surface area contributed by atoms with E-state index in [9.17, 15) is 22.4 Å². The zero-order chi connectivity index (χ0) is 22.8. The summed E-state index contributed by atoms with van der Waals surface area (Å²) in [6.45, 7) is 1.03. The Labute approximate surface area is 188 Å². The lowest BCUT2D eigenvalue weighted by molar-refractivity contribution is -0.118. The minimum atomic E-state index is -3.29. The van der Waals surface area contributed by atoms with Crippen LogP contribution in [0.2, 0.25) is 0 Å². The maximum absolute atomic E-state index is 14.2. The van der Waals surface area contributed by atoms with Gasteiger partial charge < -0.3 is 9.64 Å². The highest BCUT2D eigenvalue weighted by Crippen LogP contribution is 2.46. The smallest absolute Gasteiger partial charge is 0.324 e. The van der Waals surface area contributed by atoms with Crippen molar-refractivity contribution < 1.29 is 27.1 Å². The van der Waals surface area contributed by atoms with Gasteiger partial charge in [0.1, 0.15) is 6.54 Å². The number of hydrogen-bond acceptors (Lipinski definition) is 5. The molecule has 9 heteroatoms. The quantitative estimate of drug-likeness (QED) is 0.377. The summed E-state index contributed by atoms with van der Waals surface area (Å²) in [4.78, 5) is 24.2. The number of carbonyl (C=O) groups excluding carboxylic acids is 2. The van der Waals surface area contributed by atoms with Gasteiger partial charge in [0.2, 0.25) is 5.91 Å². The van der Waals surface area contributed by atoms with E-state index in [0.29, 0.717) is 38.3 Å². The predicted molar refractivity (Wildman–Crippen MR) is 118 cm³/mol. The number of sulfone groups is 1. The van der Waals surface area contributed by atoms with E-state index in [4.69, 9.17) is 4.74 Å². The maximum atomic E-state index is 14.2. The van der Waals surface area contributed by atoms with Gasteiger partial charge in [-0.2, -0.15) is 0 Å². The molecule has 0 unspecified atom stereocenters. The minimum Gasteiger partial charge on any atom is -0.490 e. The summed E-state index contributed by atoms with van der Waals surface area (Å²) in [5.41, 5.74) is 0.391. The number of halogens is 1. The van der Waals surface area contributed by atoms with Crippen LogP contribution in [0.4, 0.5) is 9.18 Å². The fraction of sp³-hybridized carbons (Fsp3) is 0.652. The summed E-state index contributed by atoms with van der Waals surface area (Å²) in [6.07, 6.45) is 6.58. The molecule has 3 fully saturated rings. The molecule has 3 aliphatic rings. The Morgan fingerprint density at radius 3 is 2.56 bits per heavy atom. The van der Waals surface area contributed by atoms with Crippen molar-refractivity contribution in [2.24, 2.45) is 5.92 Å². The van der Waals surface area contributed by atoms with Crippen LogP contribution in [0, 0.1) is 11.7 Å². The van der Waals surface area contributed by atoms with Gasteiger partial charge in [-0.15, -0.1) is 0 Å². The van der Waals surface area contributed by atoms with Gasteiger partial charge in [-0.25, -0.2) is 17.6 Å². The standard InChI is InChI=1S/C23H31FN2O5S/c24-19-8-7-18(13-20(19)31-15-17-5-6-17)23(9-4-10-23)16-32(29,30)12-3-1-2-11-26-14-21(27)25-22(26)28/h7-8,13,17H,1-6,9-12,14-16H2,(H,25,27,28). The molecule has 32 heavy (non-hydrogen) atoms. The van der Waals surface area contributed by atoms with Gasteiger partial charge in [-0.3, -0.25) is 10.1 Å². The normalized spacial score (nSPS) is 20.2. The number of carbonyl (C=O) groups is 2. The molecule has 1 aromatic carbocycles. The lowest BCUT2D eigenvalue weighted by atomic mass is 9.66. The number of hydrogen-bond donors (Lipinski definition) is 1. The largest absolute Gasteiger partial charge is 0.490 e. The molecule has 1 aromatic rings. The first-order valence-corrected chi connectivity index (χ1v) is 13.3. The Balaban J connectivity index is 1.29. The number of urea groups is 1. The predicted octanol–water partition coefficient (Wildman–Crippen LogP) is 3.17. The summed E-state index contributed by atoms with van der Waals surface area (Å²) >= 11 is 0. The second kappa shape index (κ2) is 9.37. The van der Waals surface area contributed by atoms with Crippen LogP contribution in [0.5, 0.6) is 5.75 Å². The van der Waals surface area contributed by atoms with E-state index in [1.807, 2.05) is 0 Å². The van der Waals surface area contributed by atoms with Gasteiger partial charge in [0.15, 0.2) is 21.4 Å². The summed E-state index contributed by atoms with van der Waals surface area (Å²) in [5.74, 6) is 0.187. The van der Waals surface area contributed by atoms with Gasteiger partial charge in [0.25, 0.3) is 0 Å². The third-order valence-corrected chi connectivity index (χ3v) is 8.68. The molecule has 0 atom stereocenters. The number of benzene rings is 1. The van der Waals surface area contributed by atoms with Crippen LogP contribution in [-0.4, -0.2) is 56.5 Å². The zero-order valence-corrected chi connectivity index (χ0v) is 19.1.